The van der Waals surface area contributed by atoms with Crippen LogP contribution in [0.25, 0.3) is 16.7 Å². The SMILES string of the molecule is O=C(O)CNc1ncnc2c1cnn2-c1cccc(I)c1. The van der Waals surface area contributed by atoms with Crippen LogP contribution in [0.5, 0.6) is 0 Å². The predicted octanol–water partition coefficient (Wildman–Crippen LogP) is 1.92. The summed E-state index contributed by atoms with van der Waals surface area (Å²) in [6, 6.07) is 7.85. The molecule has 0 fully saturated rings. The smallest absolute Gasteiger partial charge is 0.322 e. The highest BCUT2D eigenvalue weighted by Crippen LogP contribution is 2.22. The molecule has 0 atom stereocenters. The van der Waals surface area contributed by atoms with Crippen LogP contribution in [0, 0.1) is 3.57 Å². The number of rotatable bonds is 4. The summed E-state index contributed by atoms with van der Waals surface area (Å²) in [5, 5.41) is 16.5. The van der Waals surface area contributed by atoms with Crippen molar-refractivity contribution in [1.82, 2.24) is 19.7 Å². The molecule has 1 aromatic carbocycles. The summed E-state index contributed by atoms with van der Waals surface area (Å²) in [6.45, 7) is -0.208. The minimum Gasteiger partial charge on any atom is -0.480 e. The molecule has 0 aliphatic carbocycles. The third-order valence-corrected chi connectivity index (χ3v) is 3.50. The Bertz CT molecular complexity index is 817. The van der Waals surface area contributed by atoms with E-state index < -0.39 is 5.97 Å². The molecule has 21 heavy (non-hydrogen) atoms. The van der Waals surface area contributed by atoms with Crippen LogP contribution in [-0.2, 0) is 4.79 Å². The van der Waals surface area contributed by atoms with Gasteiger partial charge in [-0.15, -0.1) is 0 Å². The van der Waals surface area contributed by atoms with Gasteiger partial charge >= 0.3 is 5.97 Å². The Kier molecular flexibility index (Phi) is 3.69. The molecule has 2 aromatic heterocycles. The van der Waals surface area contributed by atoms with E-state index >= 15 is 0 Å². The van der Waals surface area contributed by atoms with Crippen molar-refractivity contribution in [2.45, 2.75) is 0 Å². The lowest BCUT2D eigenvalue weighted by atomic mass is 10.3. The third kappa shape index (κ3) is 2.79. The van der Waals surface area contributed by atoms with Crippen LogP contribution in [0.3, 0.4) is 0 Å². The van der Waals surface area contributed by atoms with Crippen molar-refractivity contribution in [1.29, 1.82) is 0 Å². The summed E-state index contributed by atoms with van der Waals surface area (Å²) in [4.78, 5) is 18.9. The van der Waals surface area contributed by atoms with Gasteiger partial charge in [-0.3, -0.25) is 4.79 Å². The molecule has 0 aliphatic heterocycles. The maximum Gasteiger partial charge on any atom is 0.322 e. The molecule has 7 nitrogen and oxygen atoms in total. The van der Waals surface area contributed by atoms with Crippen molar-refractivity contribution < 1.29 is 9.90 Å². The van der Waals surface area contributed by atoms with Gasteiger partial charge in [0.2, 0.25) is 0 Å². The second-order valence-corrected chi connectivity index (χ2v) is 5.49. The second-order valence-electron chi connectivity index (χ2n) is 4.24. The Morgan fingerprint density at radius 2 is 2.24 bits per heavy atom. The predicted molar refractivity (Wildman–Crippen MR) is 85.5 cm³/mol. The summed E-state index contributed by atoms with van der Waals surface area (Å²) in [5.74, 6) is -0.494. The maximum absolute atomic E-state index is 10.6. The van der Waals surface area contributed by atoms with E-state index in [1.54, 1.807) is 10.9 Å². The number of carboxylic acids is 1. The molecule has 106 valence electrons. The van der Waals surface area contributed by atoms with Gasteiger partial charge in [-0.2, -0.15) is 5.10 Å². The zero-order valence-electron chi connectivity index (χ0n) is 10.7. The molecule has 0 amide bonds. The lowest BCUT2D eigenvalue weighted by molar-refractivity contribution is -0.134. The molecule has 0 aliphatic rings. The molecule has 3 rings (SSSR count). The number of aliphatic carboxylic acids is 1. The highest BCUT2D eigenvalue weighted by molar-refractivity contribution is 14.1. The number of hydrogen-bond donors (Lipinski definition) is 2. The van der Waals surface area contributed by atoms with Crippen LogP contribution < -0.4 is 5.32 Å². The van der Waals surface area contributed by atoms with E-state index in [2.05, 4.69) is 43.0 Å². The van der Waals surface area contributed by atoms with Gasteiger partial charge in [0.1, 0.15) is 18.7 Å². The highest BCUT2D eigenvalue weighted by atomic mass is 127. The van der Waals surface area contributed by atoms with E-state index in [9.17, 15) is 4.79 Å². The van der Waals surface area contributed by atoms with Crippen LogP contribution in [0.15, 0.2) is 36.8 Å². The number of halogens is 1. The van der Waals surface area contributed by atoms with E-state index in [0.29, 0.717) is 16.9 Å². The number of fused-ring (bicyclic) bond motifs is 1. The Labute approximate surface area is 133 Å². The molecule has 8 heteroatoms. The molecular weight excluding hydrogens is 385 g/mol. The van der Waals surface area contributed by atoms with E-state index in [1.165, 1.54) is 6.33 Å². The Morgan fingerprint density at radius 1 is 1.38 bits per heavy atom. The Balaban J connectivity index is 2.06. The first-order chi connectivity index (χ1) is 10.1. The summed E-state index contributed by atoms with van der Waals surface area (Å²) >= 11 is 2.23. The lowest BCUT2D eigenvalue weighted by Crippen LogP contribution is -2.13. The number of benzene rings is 1. The van der Waals surface area contributed by atoms with E-state index in [1.807, 2.05) is 24.3 Å². The standard InChI is InChI=1S/C13H10IN5O2/c14-8-2-1-3-9(4-8)19-13-10(5-18-19)12(16-7-17-13)15-6-11(20)21/h1-5,7H,6H2,(H,20,21)(H,15,16,17). The van der Waals surface area contributed by atoms with Gasteiger partial charge in [-0.05, 0) is 40.8 Å². The molecule has 0 unspecified atom stereocenters. The van der Waals surface area contributed by atoms with Gasteiger partial charge in [-0.25, -0.2) is 14.6 Å². The zero-order valence-corrected chi connectivity index (χ0v) is 12.9. The molecule has 0 bridgehead atoms. The average Bonchev–Trinajstić information content (AvgIpc) is 2.89. The molecular formula is C13H10IN5O2. The molecule has 3 aromatic rings. The first kappa shape index (κ1) is 13.7. The third-order valence-electron chi connectivity index (χ3n) is 2.83. The van der Waals surface area contributed by atoms with Crippen molar-refractivity contribution in [2.24, 2.45) is 0 Å². The zero-order chi connectivity index (χ0) is 14.8. The minimum absolute atomic E-state index is 0.208. The van der Waals surface area contributed by atoms with Crippen LogP contribution >= 0.6 is 22.6 Å². The minimum atomic E-state index is -0.952. The molecule has 0 saturated heterocycles. The fraction of sp³-hybridized carbons (Fsp3) is 0.0769. The average molecular weight is 395 g/mol. The van der Waals surface area contributed by atoms with Crippen molar-refractivity contribution in [3.8, 4) is 5.69 Å². The largest absolute Gasteiger partial charge is 0.480 e. The Hall–Kier alpha value is -2.23. The quantitative estimate of drug-likeness (QED) is 0.656. The van der Waals surface area contributed by atoms with Gasteiger partial charge in [0.05, 0.1) is 17.3 Å². The molecule has 0 radical (unpaired) electrons. The number of carbonyl (C=O) groups is 1. The van der Waals surface area contributed by atoms with Gasteiger partial charge in [0.25, 0.3) is 0 Å². The van der Waals surface area contributed by atoms with Crippen molar-refractivity contribution in [2.75, 3.05) is 11.9 Å². The molecule has 2 N–H and O–H groups in total. The van der Waals surface area contributed by atoms with Crippen molar-refractivity contribution in [3.63, 3.8) is 0 Å². The topological polar surface area (TPSA) is 92.9 Å². The molecule has 2 heterocycles. The first-order valence-electron chi connectivity index (χ1n) is 6.05. The number of aromatic nitrogens is 4. The summed E-state index contributed by atoms with van der Waals surface area (Å²) < 4.78 is 2.79. The summed E-state index contributed by atoms with van der Waals surface area (Å²) in [6.07, 6.45) is 3.01. The number of nitrogens with one attached hydrogen (secondary N) is 1. The number of carboxylic acid groups (broad SMARTS) is 1. The fourth-order valence-corrected chi connectivity index (χ4v) is 2.47. The first-order valence-corrected chi connectivity index (χ1v) is 7.13. The number of nitrogens with zero attached hydrogens (tertiary/aromatic N) is 4. The van der Waals surface area contributed by atoms with Crippen LogP contribution in [0.2, 0.25) is 0 Å². The molecule has 0 saturated carbocycles. The van der Waals surface area contributed by atoms with Gasteiger partial charge in [0, 0.05) is 3.57 Å². The highest BCUT2D eigenvalue weighted by Gasteiger charge is 2.11. The van der Waals surface area contributed by atoms with Crippen molar-refractivity contribution >= 4 is 45.4 Å². The monoisotopic (exact) mass is 395 g/mol. The summed E-state index contributed by atoms with van der Waals surface area (Å²) in [5.41, 5.74) is 1.51. The van der Waals surface area contributed by atoms with Crippen LogP contribution in [0.1, 0.15) is 0 Å². The maximum atomic E-state index is 10.6. The fourth-order valence-electron chi connectivity index (χ4n) is 1.94. The van der Waals surface area contributed by atoms with E-state index in [4.69, 9.17) is 5.11 Å². The van der Waals surface area contributed by atoms with Gasteiger partial charge in [-0.1, -0.05) is 6.07 Å². The normalized spacial score (nSPS) is 10.7. The second kappa shape index (κ2) is 5.64. The lowest BCUT2D eigenvalue weighted by Gasteiger charge is -2.05. The van der Waals surface area contributed by atoms with E-state index in [-0.39, 0.29) is 6.54 Å². The van der Waals surface area contributed by atoms with Crippen LogP contribution in [0.4, 0.5) is 5.82 Å². The number of anilines is 1. The van der Waals surface area contributed by atoms with Gasteiger partial charge in [0.15, 0.2) is 5.65 Å². The van der Waals surface area contributed by atoms with Gasteiger partial charge < -0.3 is 10.4 Å². The van der Waals surface area contributed by atoms with E-state index in [0.717, 1.165) is 9.26 Å². The Morgan fingerprint density at radius 3 is 3.00 bits per heavy atom. The molecule has 0 spiro atoms. The van der Waals surface area contributed by atoms with Crippen LogP contribution in [-0.4, -0.2) is 37.4 Å². The number of hydrogen-bond acceptors (Lipinski definition) is 5. The summed E-state index contributed by atoms with van der Waals surface area (Å²) in [7, 11) is 0. The van der Waals surface area contributed by atoms with Crippen molar-refractivity contribution in [3.05, 3.63) is 40.4 Å².